The molecule has 72 valence electrons. The van der Waals surface area contributed by atoms with Crippen LogP contribution in [0.5, 0.6) is 0 Å². The summed E-state index contributed by atoms with van der Waals surface area (Å²) in [6, 6.07) is 1.87. The Kier molecular flexibility index (Phi) is 2.24. The molecular formula is C9H11N5. The molecule has 0 radical (unpaired) electrons. The van der Waals surface area contributed by atoms with Gasteiger partial charge in [0.25, 0.3) is 0 Å². The van der Waals surface area contributed by atoms with Crippen molar-refractivity contribution in [1.82, 2.24) is 19.7 Å². The maximum Gasteiger partial charge on any atom is 0.181 e. The molecule has 0 spiro atoms. The van der Waals surface area contributed by atoms with Crippen molar-refractivity contribution < 1.29 is 0 Å². The van der Waals surface area contributed by atoms with Crippen molar-refractivity contribution >= 4 is 0 Å². The number of rotatable bonds is 2. The van der Waals surface area contributed by atoms with Crippen LogP contribution in [0.15, 0.2) is 24.8 Å². The van der Waals surface area contributed by atoms with Crippen molar-refractivity contribution in [2.75, 3.05) is 0 Å². The normalized spacial score (nSPS) is 10.4. The fourth-order valence-corrected chi connectivity index (χ4v) is 1.27. The van der Waals surface area contributed by atoms with Crippen molar-refractivity contribution in [2.24, 2.45) is 12.8 Å². The fourth-order valence-electron chi connectivity index (χ4n) is 1.27. The van der Waals surface area contributed by atoms with Crippen LogP contribution in [-0.2, 0) is 13.6 Å². The fraction of sp³-hybridized carbons (Fsp3) is 0.222. The Labute approximate surface area is 81.6 Å². The maximum atomic E-state index is 5.59. The van der Waals surface area contributed by atoms with Crippen molar-refractivity contribution in [2.45, 2.75) is 6.54 Å². The zero-order valence-electron chi connectivity index (χ0n) is 7.88. The summed E-state index contributed by atoms with van der Waals surface area (Å²) in [5.74, 6) is 0.690. The molecule has 0 atom stereocenters. The topological polar surface area (TPSA) is 69.6 Å². The largest absolute Gasteiger partial charge is 0.326 e. The van der Waals surface area contributed by atoms with Gasteiger partial charge < -0.3 is 5.73 Å². The highest BCUT2D eigenvalue weighted by atomic mass is 15.3. The van der Waals surface area contributed by atoms with Crippen molar-refractivity contribution in [1.29, 1.82) is 0 Å². The van der Waals surface area contributed by atoms with E-state index in [1.807, 2.05) is 13.1 Å². The Bertz CT molecular complexity index is 434. The summed E-state index contributed by atoms with van der Waals surface area (Å²) in [5.41, 5.74) is 7.50. The van der Waals surface area contributed by atoms with E-state index < -0.39 is 0 Å². The molecule has 0 aliphatic rings. The summed E-state index contributed by atoms with van der Waals surface area (Å²) in [7, 11) is 1.83. The van der Waals surface area contributed by atoms with Gasteiger partial charge in [0.1, 0.15) is 6.33 Å². The Morgan fingerprint density at radius 2 is 2.36 bits per heavy atom. The van der Waals surface area contributed by atoms with Crippen molar-refractivity contribution in [3.05, 3.63) is 30.4 Å². The van der Waals surface area contributed by atoms with Crippen LogP contribution in [0.2, 0.25) is 0 Å². The predicted octanol–water partition coefficient (Wildman–Crippen LogP) is 0.336. The second kappa shape index (κ2) is 3.55. The molecule has 0 aliphatic carbocycles. The van der Waals surface area contributed by atoms with Crippen LogP contribution in [-0.4, -0.2) is 19.7 Å². The Morgan fingerprint density at radius 1 is 1.50 bits per heavy atom. The molecule has 5 heteroatoms. The summed E-state index contributed by atoms with van der Waals surface area (Å²) < 4.78 is 1.66. The highest BCUT2D eigenvalue weighted by Gasteiger charge is 2.07. The smallest absolute Gasteiger partial charge is 0.181 e. The molecule has 2 heterocycles. The minimum Gasteiger partial charge on any atom is -0.326 e. The summed E-state index contributed by atoms with van der Waals surface area (Å²) >= 11 is 0. The zero-order valence-corrected chi connectivity index (χ0v) is 7.88. The van der Waals surface area contributed by atoms with Gasteiger partial charge in [0.2, 0.25) is 0 Å². The molecule has 0 saturated heterocycles. The highest BCUT2D eigenvalue weighted by molar-refractivity contribution is 5.58. The lowest BCUT2D eigenvalue weighted by Crippen LogP contribution is -2.00. The Hall–Kier alpha value is -1.75. The van der Waals surface area contributed by atoms with Gasteiger partial charge in [0.15, 0.2) is 5.82 Å². The van der Waals surface area contributed by atoms with Crippen LogP contribution in [0.3, 0.4) is 0 Å². The summed E-state index contributed by atoms with van der Waals surface area (Å²) in [6.07, 6.45) is 5.12. The third-order valence-corrected chi connectivity index (χ3v) is 1.96. The Morgan fingerprint density at radius 3 is 3.00 bits per heavy atom. The molecule has 14 heavy (non-hydrogen) atoms. The van der Waals surface area contributed by atoms with Crippen molar-refractivity contribution in [3.8, 4) is 11.4 Å². The van der Waals surface area contributed by atoms with E-state index in [1.165, 1.54) is 0 Å². The van der Waals surface area contributed by atoms with Gasteiger partial charge in [-0.15, -0.1) is 0 Å². The minimum atomic E-state index is 0.446. The van der Waals surface area contributed by atoms with E-state index in [0.29, 0.717) is 12.4 Å². The molecule has 5 nitrogen and oxygen atoms in total. The van der Waals surface area contributed by atoms with Crippen LogP contribution in [0, 0.1) is 0 Å². The van der Waals surface area contributed by atoms with Gasteiger partial charge in [0, 0.05) is 31.5 Å². The van der Waals surface area contributed by atoms with Crippen LogP contribution in [0.25, 0.3) is 11.4 Å². The zero-order chi connectivity index (χ0) is 9.97. The second-order valence-corrected chi connectivity index (χ2v) is 2.98. The molecule has 0 bridgehead atoms. The number of pyridine rings is 1. The van der Waals surface area contributed by atoms with Gasteiger partial charge >= 0.3 is 0 Å². The highest BCUT2D eigenvalue weighted by Crippen LogP contribution is 2.17. The number of hydrogen-bond donors (Lipinski definition) is 1. The molecule has 2 aromatic rings. The molecule has 0 amide bonds. The van der Waals surface area contributed by atoms with Gasteiger partial charge in [-0.3, -0.25) is 9.67 Å². The van der Waals surface area contributed by atoms with E-state index in [2.05, 4.69) is 15.1 Å². The molecule has 2 N–H and O–H groups in total. The van der Waals surface area contributed by atoms with E-state index in [0.717, 1.165) is 11.1 Å². The van der Waals surface area contributed by atoms with E-state index in [-0.39, 0.29) is 0 Å². The molecule has 2 aromatic heterocycles. The molecule has 0 aromatic carbocycles. The molecule has 2 rings (SSSR count). The first-order valence-corrected chi connectivity index (χ1v) is 4.30. The predicted molar refractivity (Wildman–Crippen MR) is 52.1 cm³/mol. The standard InChI is InChI=1S/C9H11N5/c1-14-6-12-9(13-14)8-2-3-11-5-7(8)4-10/h2-3,5-6H,4,10H2,1H3. The van der Waals surface area contributed by atoms with Crippen LogP contribution in [0.4, 0.5) is 0 Å². The van der Waals surface area contributed by atoms with E-state index in [1.54, 1.807) is 23.4 Å². The van der Waals surface area contributed by atoms with Crippen LogP contribution < -0.4 is 5.73 Å². The van der Waals surface area contributed by atoms with Gasteiger partial charge in [-0.1, -0.05) is 0 Å². The SMILES string of the molecule is Cn1cnc(-c2ccncc2CN)n1. The van der Waals surface area contributed by atoms with Crippen LogP contribution in [0.1, 0.15) is 5.56 Å². The molecular weight excluding hydrogens is 178 g/mol. The number of nitrogens with zero attached hydrogens (tertiary/aromatic N) is 4. The summed E-state index contributed by atoms with van der Waals surface area (Å²) in [6.45, 7) is 0.446. The van der Waals surface area contributed by atoms with Gasteiger partial charge in [-0.2, -0.15) is 5.10 Å². The lowest BCUT2D eigenvalue weighted by Gasteiger charge is -2.01. The number of nitrogens with two attached hydrogens (primary N) is 1. The van der Waals surface area contributed by atoms with Gasteiger partial charge in [-0.25, -0.2) is 4.98 Å². The maximum absolute atomic E-state index is 5.59. The molecule has 0 fully saturated rings. The first kappa shape index (κ1) is 8.83. The number of aromatic nitrogens is 4. The number of aryl methyl sites for hydroxylation is 1. The average molecular weight is 189 g/mol. The Balaban J connectivity index is 2.50. The van der Waals surface area contributed by atoms with E-state index in [4.69, 9.17) is 5.73 Å². The third kappa shape index (κ3) is 1.49. The quantitative estimate of drug-likeness (QED) is 0.739. The minimum absolute atomic E-state index is 0.446. The molecule has 0 unspecified atom stereocenters. The van der Waals surface area contributed by atoms with Crippen molar-refractivity contribution in [3.63, 3.8) is 0 Å². The lowest BCUT2D eigenvalue weighted by atomic mass is 10.1. The first-order valence-electron chi connectivity index (χ1n) is 4.30. The van der Waals surface area contributed by atoms with Crippen LogP contribution >= 0.6 is 0 Å². The third-order valence-electron chi connectivity index (χ3n) is 1.96. The first-order chi connectivity index (χ1) is 6.81. The lowest BCUT2D eigenvalue weighted by molar-refractivity contribution is 0.768. The van der Waals surface area contributed by atoms with Gasteiger partial charge in [0.05, 0.1) is 0 Å². The molecule has 0 aliphatic heterocycles. The number of hydrogen-bond acceptors (Lipinski definition) is 4. The van der Waals surface area contributed by atoms with E-state index in [9.17, 15) is 0 Å². The monoisotopic (exact) mass is 189 g/mol. The van der Waals surface area contributed by atoms with Gasteiger partial charge in [-0.05, 0) is 11.6 Å². The second-order valence-electron chi connectivity index (χ2n) is 2.98. The van der Waals surface area contributed by atoms with E-state index >= 15 is 0 Å². The molecule has 0 saturated carbocycles. The average Bonchev–Trinajstić information content (AvgIpc) is 2.65. The summed E-state index contributed by atoms with van der Waals surface area (Å²) in [5, 5.41) is 4.21. The summed E-state index contributed by atoms with van der Waals surface area (Å²) in [4.78, 5) is 8.17.